The van der Waals surface area contributed by atoms with E-state index >= 15 is 0 Å². The van der Waals surface area contributed by atoms with Gasteiger partial charge in [-0.2, -0.15) is 0 Å². The van der Waals surface area contributed by atoms with Crippen molar-refractivity contribution in [3.63, 3.8) is 0 Å². The summed E-state index contributed by atoms with van der Waals surface area (Å²) in [4.78, 5) is 11.3. The third-order valence-electron chi connectivity index (χ3n) is 1.72. The molecule has 0 amide bonds. The second kappa shape index (κ2) is 6.11. The van der Waals surface area contributed by atoms with E-state index in [1.54, 1.807) is 6.07 Å². The Kier molecular flexibility index (Phi) is 5.09. The van der Waals surface area contributed by atoms with Crippen LogP contribution in [0.4, 0.5) is 5.69 Å². The number of nitrogens with one attached hydrogen (secondary N) is 1. The number of ether oxygens (including phenoxy) is 1. The quantitative estimate of drug-likeness (QED) is 0.866. The molecule has 88 valence electrons. The lowest BCUT2D eigenvalue weighted by Gasteiger charge is -2.10. The van der Waals surface area contributed by atoms with Crippen LogP contribution in [0.25, 0.3) is 0 Å². The number of hydrogen-bond acceptors (Lipinski definition) is 3. The highest BCUT2D eigenvalue weighted by atomic mass is 79.9. The first-order valence-corrected chi connectivity index (χ1v) is 6.04. The van der Waals surface area contributed by atoms with Crippen molar-refractivity contribution in [3.05, 3.63) is 27.7 Å². The minimum Gasteiger partial charge on any atom is -0.462 e. The monoisotopic (exact) mass is 305 g/mol. The van der Waals surface area contributed by atoms with Crippen LogP contribution in [0.15, 0.2) is 22.7 Å². The van der Waals surface area contributed by atoms with Gasteiger partial charge >= 0.3 is 5.97 Å². The largest absolute Gasteiger partial charge is 0.462 e. The summed E-state index contributed by atoms with van der Waals surface area (Å²) in [7, 11) is 0. The van der Waals surface area contributed by atoms with Crippen LogP contribution in [-0.4, -0.2) is 18.6 Å². The molecule has 1 aromatic rings. The standard InChI is InChI=1S/C11H13BrClNO2/c1-7(2)16-11(15)6-14-10-5-8(12)3-4-9(10)13/h3-5,7,14H,6H2,1-2H3. The molecule has 1 aromatic carbocycles. The molecule has 0 atom stereocenters. The Balaban J connectivity index is 2.54. The fourth-order valence-electron chi connectivity index (χ4n) is 1.10. The van der Waals surface area contributed by atoms with E-state index in [1.807, 2.05) is 26.0 Å². The van der Waals surface area contributed by atoms with Crippen molar-refractivity contribution in [1.29, 1.82) is 0 Å². The number of carbonyl (C=O) groups excluding carboxylic acids is 1. The molecule has 3 nitrogen and oxygen atoms in total. The molecule has 1 rings (SSSR count). The summed E-state index contributed by atoms with van der Waals surface area (Å²) in [6, 6.07) is 5.40. The Morgan fingerprint density at radius 3 is 2.88 bits per heavy atom. The minimum absolute atomic E-state index is 0.104. The Hall–Kier alpha value is -0.740. The molecule has 0 heterocycles. The molecule has 0 saturated heterocycles. The molecule has 0 radical (unpaired) electrons. The fourth-order valence-corrected chi connectivity index (χ4v) is 1.65. The number of esters is 1. The van der Waals surface area contributed by atoms with Gasteiger partial charge in [0.05, 0.1) is 16.8 Å². The first-order chi connectivity index (χ1) is 7.49. The Labute approximate surface area is 108 Å². The number of benzene rings is 1. The molecule has 1 N–H and O–H groups in total. The molecular weight excluding hydrogens is 293 g/mol. The highest BCUT2D eigenvalue weighted by molar-refractivity contribution is 9.10. The number of anilines is 1. The van der Waals surface area contributed by atoms with E-state index in [0.29, 0.717) is 10.7 Å². The maximum atomic E-state index is 11.3. The predicted octanol–water partition coefficient (Wildman–Crippen LogP) is 3.47. The van der Waals surface area contributed by atoms with Crippen LogP contribution >= 0.6 is 27.5 Å². The van der Waals surface area contributed by atoms with E-state index in [2.05, 4.69) is 21.2 Å². The molecule has 16 heavy (non-hydrogen) atoms. The third kappa shape index (κ3) is 4.41. The van der Waals surface area contributed by atoms with Gasteiger partial charge in [0.25, 0.3) is 0 Å². The normalized spacial score (nSPS) is 10.3. The number of hydrogen-bond donors (Lipinski definition) is 1. The van der Waals surface area contributed by atoms with Gasteiger partial charge in [0.1, 0.15) is 6.54 Å². The van der Waals surface area contributed by atoms with Gasteiger partial charge in [-0.15, -0.1) is 0 Å². The number of halogens is 2. The van der Waals surface area contributed by atoms with Crippen molar-refractivity contribution in [3.8, 4) is 0 Å². The van der Waals surface area contributed by atoms with Gasteiger partial charge in [-0.05, 0) is 32.0 Å². The van der Waals surface area contributed by atoms with Gasteiger partial charge in [0.2, 0.25) is 0 Å². The van der Waals surface area contributed by atoms with Crippen LogP contribution in [0.5, 0.6) is 0 Å². The predicted molar refractivity (Wildman–Crippen MR) is 68.9 cm³/mol. The lowest BCUT2D eigenvalue weighted by molar-refractivity contribution is -0.145. The first-order valence-electron chi connectivity index (χ1n) is 4.87. The van der Waals surface area contributed by atoms with Crippen molar-refractivity contribution in [2.45, 2.75) is 20.0 Å². The maximum absolute atomic E-state index is 11.3. The second-order valence-corrected chi connectivity index (χ2v) is 4.84. The molecule has 0 spiro atoms. The Morgan fingerprint density at radius 1 is 1.56 bits per heavy atom. The van der Waals surface area contributed by atoms with Gasteiger partial charge in [0, 0.05) is 4.47 Å². The zero-order chi connectivity index (χ0) is 12.1. The van der Waals surface area contributed by atoms with Crippen molar-refractivity contribution in [2.24, 2.45) is 0 Å². The summed E-state index contributed by atoms with van der Waals surface area (Å²) in [6.07, 6.45) is -0.104. The highest BCUT2D eigenvalue weighted by Crippen LogP contribution is 2.25. The average molecular weight is 307 g/mol. The SMILES string of the molecule is CC(C)OC(=O)CNc1cc(Br)ccc1Cl. The van der Waals surface area contributed by atoms with E-state index in [1.165, 1.54) is 0 Å². The molecule has 0 aliphatic carbocycles. The van der Waals surface area contributed by atoms with E-state index in [9.17, 15) is 4.79 Å². The molecule has 0 saturated carbocycles. The van der Waals surface area contributed by atoms with Crippen LogP contribution in [0.2, 0.25) is 5.02 Å². The summed E-state index contributed by atoms with van der Waals surface area (Å²) in [5.74, 6) is -0.300. The molecule has 5 heteroatoms. The lowest BCUT2D eigenvalue weighted by atomic mass is 10.3. The average Bonchev–Trinajstić information content (AvgIpc) is 2.18. The Morgan fingerprint density at radius 2 is 2.25 bits per heavy atom. The van der Waals surface area contributed by atoms with Crippen molar-refractivity contribution < 1.29 is 9.53 Å². The maximum Gasteiger partial charge on any atom is 0.325 e. The number of rotatable bonds is 4. The number of carbonyl (C=O) groups is 1. The van der Waals surface area contributed by atoms with Gasteiger partial charge in [0.15, 0.2) is 0 Å². The summed E-state index contributed by atoms with van der Waals surface area (Å²) in [5, 5.41) is 3.49. The molecular formula is C11H13BrClNO2. The molecule has 0 aromatic heterocycles. The summed E-state index contributed by atoms with van der Waals surface area (Å²) < 4.78 is 5.89. The van der Waals surface area contributed by atoms with Crippen molar-refractivity contribution in [1.82, 2.24) is 0 Å². The molecule has 0 unspecified atom stereocenters. The lowest BCUT2D eigenvalue weighted by Crippen LogP contribution is -2.20. The van der Waals surface area contributed by atoms with E-state index in [4.69, 9.17) is 16.3 Å². The van der Waals surface area contributed by atoms with Gasteiger partial charge in [-0.1, -0.05) is 27.5 Å². The minimum atomic E-state index is -0.300. The van der Waals surface area contributed by atoms with Crippen LogP contribution in [0.1, 0.15) is 13.8 Å². The smallest absolute Gasteiger partial charge is 0.325 e. The van der Waals surface area contributed by atoms with E-state index < -0.39 is 0 Å². The summed E-state index contributed by atoms with van der Waals surface area (Å²) in [6.45, 7) is 3.72. The van der Waals surface area contributed by atoms with Crippen LogP contribution in [0.3, 0.4) is 0 Å². The zero-order valence-corrected chi connectivity index (χ0v) is 11.4. The molecule has 0 fully saturated rings. The van der Waals surface area contributed by atoms with Crippen LogP contribution in [0, 0.1) is 0 Å². The van der Waals surface area contributed by atoms with E-state index in [0.717, 1.165) is 4.47 Å². The fraction of sp³-hybridized carbons (Fsp3) is 0.364. The molecule has 0 aliphatic heterocycles. The summed E-state index contributed by atoms with van der Waals surface area (Å²) >= 11 is 9.28. The first kappa shape index (κ1) is 13.3. The van der Waals surface area contributed by atoms with Crippen molar-refractivity contribution >= 4 is 39.2 Å². The molecule has 0 aliphatic rings. The van der Waals surface area contributed by atoms with Gasteiger partial charge in [-0.25, -0.2) is 0 Å². The van der Waals surface area contributed by atoms with Gasteiger partial charge < -0.3 is 10.1 Å². The van der Waals surface area contributed by atoms with Crippen molar-refractivity contribution in [2.75, 3.05) is 11.9 Å². The van der Waals surface area contributed by atoms with Crippen LogP contribution < -0.4 is 5.32 Å². The summed E-state index contributed by atoms with van der Waals surface area (Å²) in [5.41, 5.74) is 0.705. The van der Waals surface area contributed by atoms with E-state index in [-0.39, 0.29) is 18.6 Å². The van der Waals surface area contributed by atoms with Crippen LogP contribution in [-0.2, 0) is 9.53 Å². The zero-order valence-electron chi connectivity index (χ0n) is 9.09. The highest BCUT2D eigenvalue weighted by Gasteiger charge is 2.06. The second-order valence-electron chi connectivity index (χ2n) is 3.52. The topological polar surface area (TPSA) is 38.3 Å². The molecule has 0 bridgehead atoms. The Bertz CT molecular complexity index is 382. The third-order valence-corrected chi connectivity index (χ3v) is 2.54. The van der Waals surface area contributed by atoms with Gasteiger partial charge in [-0.3, -0.25) is 4.79 Å².